The van der Waals surface area contributed by atoms with E-state index in [0.29, 0.717) is 43.0 Å². The molecular formula is C18H20FN7O3. The van der Waals surface area contributed by atoms with Crippen LogP contribution in [0.3, 0.4) is 0 Å². The Hall–Kier alpha value is -3.76. The highest BCUT2D eigenvalue weighted by molar-refractivity contribution is 5.92. The molecule has 0 saturated carbocycles. The van der Waals surface area contributed by atoms with Crippen LogP contribution >= 0.6 is 0 Å². The fraction of sp³-hybridized carbons (Fsp3) is 0.278. The number of hydrogen-bond acceptors (Lipinski definition) is 7. The fourth-order valence-electron chi connectivity index (χ4n) is 2.93. The Morgan fingerprint density at radius 3 is 2.59 bits per heavy atom. The van der Waals surface area contributed by atoms with Crippen molar-refractivity contribution in [3.8, 4) is 11.1 Å². The summed E-state index contributed by atoms with van der Waals surface area (Å²) < 4.78 is 14.9. The van der Waals surface area contributed by atoms with Crippen molar-refractivity contribution in [1.82, 2.24) is 15.3 Å². The van der Waals surface area contributed by atoms with Crippen LogP contribution in [0.5, 0.6) is 0 Å². The number of anilines is 1. The molecule has 152 valence electrons. The van der Waals surface area contributed by atoms with Gasteiger partial charge < -0.3 is 20.9 Å². The Morgan fingerprint density at radius 1 is 1.28 bits per heavy atom. The van der Waals surface area contributed by atoms with Crippen molar-refractivity contribution in [2.75, 3.05) is 18.0 Å². The molecule has 3 rings (SSSR count). The number of benzene rings is 1. The number of nitrogens with zero attached hydrogens (tertiary/aromatic N) is 5. The number of carbonyl (C=O) groups is 1. The van der Waals surface area contributed by atoms with Crippen molar-refractivity contribution in [3.63, 3.8) is 0 Å². The average Bonchev–Trinajstić information content (AvgIpc) is 2.73. The highest BCUT2D eigenvalue weighted by Gasteiger charge is 2.18. The Bertz CT molecular complexity index is 937. The van der Waals surface area contributed by atoms with Crippen LogP contribution in [0, 0.1) is 5.82 Å². The number of hydrogen-bond donors (Lipinski definition) is 4. The lowest BCUT2D eigenvalue weighted by molar-refractivity contribution is 0.200. The first-order chi connectivity index (χ1) is 14.0. The number of amides is 1. The van der Waals surface area contributed by atoms with Crippen LogP contribution in [-0.4, -0.2) is 51.1 Å². The fourth-order valence-corrected chi connectivity index (χ4v) is 2.93. The number of halogens is 1. The van der Waals surface area contributed by atoms with Gasteiger partial charge >= 0.3 is 6.09 Å². The molecule has 0 radical (unpaired) electrons. The first-order valence-electron chi connectivity index (χ1n) is 8.82. The molecule has 10 nitrogen and oxygen atoms in total. The van der Waals surface area contributed by atoms with Crippen molar-refractivity contribution in [2.45, 2.75) is 19.4 Å². The quantitative estimate of drug-likeness (QED) is 0.264. The molecule has 0 unspecified atom stereocenters. The minimum atomic E-state index is -1.34. The van der Waals surface area contributed by atoms with Crippen LogP contribution in [0.2, 0.25) is 0 Å². The second-order valence-corrected chi connectivity index (χ2v) is 6.34. The molecule has 0 spiro atoms. The molecule has 2 aromatic rings. The Balaban J connectivity index is 1.74. The largest absolute Gasteiger partial charge is 0.465 e. The van der Waals surface area contributed by atoms with Gasteiger partial charge in [-0.2, -0.15) is 0 Å². The third-order valence-electron chi connectivity index (χ3n) is 4.45. The van der Waals surface area contributed by atoms with Crippen LogP contribution in [0.15, 0.2) is 40.7 Å². The molecule has 2 heterocycles. The predicted molar refractivity (Wildman–Crippen MR) is 105 cm³/mol. The summed E-state index contributed by atoms with van der Waals surface area (Å²) in [4.78, 5) is 25.0. The molecule has 0 bridgehead atoms. The maximum Gasteiger partial charge on any atom is 0.411 e. The van der Waals surface area contributed by atoms with Crippen molar-refractivity contribution in [2.24, 2.45) is 15.9 Å². The summed E-state index contributed by atoms with van der Waals surface area (Å²) in [5.41, 5.74) is 7.23. The van der Waals surface area contributed by atoms with Gasteiger partial charge in [0.2, 0.25) is 5.95 Å². The third kappa shape index (κ3) is 4.94. The highest BCUT2D eigenvalue weighted by Crippen LogP contribution is 2.25. The van der Waals surface area contributed by atoms with Crippen LogP contribution in [0.25, 0.3) is 11.1 Å². The topological polar surface area (TPSA) is 149 Å². The summed E-state index contributed by atoms with van der Waals surface area (Å²) in [6, 6.07) is 4.81. The van der Waals surface area contributed by atoms with Gasteiger partial charge in [-0.25, -0.2) is 24.1 Å². The van der Waals surface area contributed by atoms with Crippen LogP contribution in [0.1, 0.15) is 18.4 Å². The number of rotatable bonds is 4. The number of oxime groups is 1. The van der Waals surface area contributed by atoms with Crippen molar-refractivity contribution in [3.05, 3.63) is 42.0 Å². The maximum absolute atomic E-state index is 14.9. The zero-order valence-electron chi connectivity index (χ0n) is 15.4. The van der Waals surface area contributed by atoms with Gasteiger partial charge in [0.15, 0.2) is 5.96 Å². The summed E-state index contributed by atoms with van der Waals surface area (Å²) in [5.74, 6) is -0.289. The lowest BCUT2D eigenvalue weighted by atomic mass is 10.0. The van der Waals surface area contributed by atoms with Gasteiger partial charge in [0.05, 0.1) is 12.3 Å². The second kappa shape index (κ2) is 8.95. The van der Waals surface area contributed by atoms with E-state index in [1.807, 2.05) is 10.2 Å². The maximum atomic E-state index is 14.9. The van der Waals surface area contributed by atoms with Gasteiger partial charge in [-0.1, -0.05) is 23.4 Å². The predicted octanol–water partition coefficient (Wildman–Crippen LogP) is 1.80. The van der Waals surface area contributed by atoms with Gasteiger partial charge in [-0.3, -0.25) is 5.32 Å². The second-order valence-electron chi connectivity index (χ2n) is 6.34. The summed E-state index contributed by atoms with van der Waals surface area (Å²) >= 11 is 0. The minimum Gasteiger partial charge on any atom is -0.465 e. The van der Waals surface area contributed by atoms with E-state index in [1.54, 1.807) is 30.6 Å². The molecule has 1 aromatic heterocycles. The Labute approximate surface area is 165 Å². The summed E-state index contributed by atoms with van der Waals surface area (Å²) in [5, 5.41) is 22.6. The number of aromatic nitrogens is 2. The van der Waals surface area contributed by atoms with E-state index in [4.69, 9.17) is 16.0 Å². The zero-order valence-corrected chi connectivity index (χ0v) is 15.4. The van der Waals surface area contributed by atoms with E-state index in [2.05, 4.69) is 20.1 Å². The molecule has 1 amide bonds. The number of nitrogens with one attached hydrogen (secondary N) is 1. The molecule has 11 heteroatoms. The monoisotopic (exact) mass is 401 g/mol. The number of guanidine groups is 1. The minimum absolute atomic E-state index is 0.118. The molecular weight excluding hydrogens is 381 g/mol. The van der Waals surface area contributed by atoms with Crippen molar-refractivity contribution >= 4 is 23.7 Å². The van der Waals surface area contributed by atoms with E-state index in [-0.39, 0.29) is 18.1 Å². The lowest BCUT2D eigenvalue weighted by Crippen LogP contribution is -2.35. The first-order valence-corrected chi connectivity index (χ1v) is 8.82. The molecule has 0 atom stereocenters. The SMILES string of the molecule is NC(=NCc1cccc(-c2cnc(N3CCC(=NO)CC3)nc2)c1F)NC(=O)O. The molecule has 1 fully saturated rings. The third-order valence-corrected chi connectivity index (χ3v) is 4.45. The van der Waals surface area contributed by atoms with E-state index >= 15 is 0 Å². The summed E-state index contributed by atoms with van der Waals surface area (Å²) in [6.07, 6.45) is 3.02. The molecule has 1 aromatic carbocycles. The molecule has 5 N–H and O–H groups in total. The summed E-state index contributed by atoms with van der Waals surface area (Å²) in [7, 11) is 0. The molecule has 1 aliphatic heterocycles. The zero-order chi connectivity index (χ0) is 20.8. The van der Waals surface area contributed by atoms with Gasteiger partial charge in [-0.05, 0) is 0 Å². The van der Waals surface area contributed by atoms with Crippen LogP contribution < -0.4 is 16.0 Å². The van der Waals surface area contributed by atoms with Crippen LogP contribution in [-0.2, 0) is 6.54 Å². The van der Waals surface area contributed by atoms with Gasteiger partial charge in [0, 0.05) is 55.0 Å². The molecule has 29 heavy (non-hydrogen) atoms. The normalized spacial score (nSPS) is 14.6. The number of carboxylic acid groups (broad SMARTS) is 1. The van der Waals surface area contributed by atoms with Gasteiger partial charge in [-0.15, -0.1) is 0 Å². The average molecular weight is 401 g/mol. The van der Waals surface area contributed by atoms with E-state index in [0.717, 1.165) is 5.71 Å². The first kappa shape index (κ1) is 20.0. The number of piperidine rings is 1. The van der Waals surface area contributed by atoms with Crippen LogP contribution in [0.4, 0.5) is 15.1 Å². The van der Waals surface area contributed by atoms with E-state index in [1.165, 1.54) is 0 Å². The molecule has 1 aliphatic rings. The van der Waals surface area contributed by atoms with Crippen molar-refractivity contribution < 1.29 is 19.5 Å². The van der Waals surface area contributed by atoms with Crippen molar-refractivity contribution in [1.29, 1.82) is 0 Å². The number of nitrogens with two attached hydrogens (primary N) is 1. The lowest BCUT2D eigenvalue weighted by Gasteiger charge is -2.27. The standard InChI is InChI=1S/C18H20FN7O3/c19-15-11(8-21-16(20)24-18(27)28)2-1-3-14(15)12-9-22-17(23-10-12)26-6-4-13(25-29)5-7-26/h1-3,9-10,29H,4-8H2,(H,27,28)(H3,20,21,24). The number of aliphatic imine (C=N–C) groups is 1. The van der Waals surface area contributed by atoms with E-state index < -0.39 is 11.9 Å². The Kier molecular flexibility index (Phi) is 6.17. The smallest absolute Gasteiger partial charge is 0.411 e. The molecule has 1 saturated heterocycles. The highest BCUT2D eigenvalue weighted by atomic mass is 19.1. The summed E-state index contributed by atoms with van der Waals surface area (Å²) in [6.45, 7) is 1.17. The van der Waals surface area contributed by atoms with Gasteiger partial charge in [0.25, 0.3) is 0 Å². The van der Waals surface area contributed by atoms with E-state index in [9.17, 15) is 9.18 Å². The van der Waals surface area contributed by atoms with Gasteiger partial charge in [0.1, 0.15) is 5.82 Å². The Morgan fingerprint density at radius 2 is 1.97 bits per heavy atom. The molecule has 0 aliphatic carbocycles.